The van der Waals surface area contributed by atoms with Crippen LogP contribution in [-0.2, 0) is 0 Å². The molecule has 2 N–H and O–H groups in total. The minimum absolute atomic E-state index is 0.00241. The van der Waals surface area contributed by atoms with Crippen LogP contribution in [0.25, 0.3) is 0 Å². The minimum Gasteiger partial charge on any atom is -0.394 e. The molecule has 0 spiro atoms. The van der Waals surface area contributed by atoms with Crippen molar-refractivity contribution in [2.45, 2.75) is 37.8 Å². The van der Waals surface area contributed by atoms with Gasteiger partial charge in [0.2, 0.25) is 0 Å². The van der Waals surface area contributed by atoms with Gasteiger partial charge in [0.25, 0.3) is 0 Å². The Balaban J connectivity index is 2.08. The molecular weight excluding hydrogens is 285 g/mol. The highest BCUT2D eigenvalue weighted by molar-refractivity contribution is 9.10. The SMILES string of the molecule is OCC(NC1CCCC1)c1ccc(Br)c(F)c1. The van der Waals surface area contributed by atoms with E-state index in [1.165, 1.54) is 18.9 Å². The average molecular weight is 302 g/mol. The topological polar surface area (TPSA) is 32.3 Å². The molecule has 1 aliphatic rings. The van der Waals surface area contributed by atoms with E-state index in [4.69, 9.17) is 0 Å². The summed E-state index contributed by atoms with van der Waals surface area (Å²) < 4.78 is 13.9. The van der Waals surface area contributed by atoms with Crippen molar-refractivity contribution in [2.24, 2.45) is 0 Å². The van der Waals surface area contributed by atoms with Crippen LogP contribution in [0.3, 0.4) is 0 Å². The Hall–Kier alpha value is -0.450. The van der Waals surface area contributed by atoms with E-state index < -0.39 is 0 Å². The number of aliphatic hydroxyl groups is 1. The zero-order valence-corrected chi connectivity index (χ0v) is 11.2. The van der Waals surface area contributed by atoms with Crippen LogP contribution in [0.4, 0.5) is 4.39 Å². The number of benzene rings is 1. The average Bonchev–Trinajstić information content (AvgIpc) is 2.82. The van der Waals surface area contributed by atoms with Crippen molar-refractivity contribution in [1.29, 1.82) is 0 Å². The first-order chi connectivity index (χ1) is 8.20. The van der Waals surface area contributed by atoms with Gasteiger partial charge in [-0.3, -0.25) is 0 Å². The van der Waals surface area contributed by atoms with Crippen LogP contribution >= 0.6 is 15.9 Å². The maximum absolute atomic E-state index is 13.4. The van der Waals surface area contributed by atoms with Gasteiger partial charge in [0, 0.05) is 6.04 Å². The second-order valence-electron chi connectivity index (χ2n) is 4.56. The molecule has 1 aromatic carbocycles. The third kappa shape index (κ3) is 3.27. The Morgan fingerprint density at radius 2 is 2.12 bits per heavy atom. The van der Waals surface area contributed by atoms with Crippen LogP contribution < -0.4 is 5.32 Å². The van der Waals surface area contributed by atoms with E-state index in [1.54, 1.807) is 6.07 Å². The molecule has 1 aliphatic carbocycles. The van der Waals surface area contributed by atoms with Gasteiger partial charge in [-0.2, -0.15) is 0 Å². The molecule has 0 radical (unpaired) electrons. The molecule has 1 unspecified atom stereocenters. The predicted octanol–water partition coefficient (Wildman–Crippen LogP) is 3.15. The molecular formula is C13H17BrFNO. The van der Waals surface area contributed by atoms with Gasteiger partial charge in [0.15, 0.2) is 0 Å². The summed E-state index contributed by atoms with van der Waals surface area (Å²) in [5.74, 6) is -0.283. The van der Waals surface area contributed by atoms with Crippen molar-refractivity contribution >= 4 is 15.9 Å². The zero-order chi connectivity index (χ0) is 12.3. The Bertz CT molecular complexity index is 380. The van der Waals surface area contributed by atoms with Crippen LogP contribution in [0.1, 0.15) is 37.3 Å². The lowest BCUT2D eigenvalue weighted by Crippen LogP contribution is -2.32. The summed E-state index contributed by atoms with van der Waals surface area (Å²) in [5.41, 5.74) is 0.806. The molecule has 0 aromatic heterocycles. The van der Waals surface area contributed by atoms with Crippen LogP contribution in [0, 0.1) is 5.82 Å². The number of rotatable bonds is 4. The number of hydrogen-bond acceptors (Lipinski definition) is 2. The lowest BCUT2D eigenvalue weighted by Gasteiger charge is -2.21. The Labute approximate surface area is 109 Å². The van der Waals surface area contributed by atoms with Crippen LogP contribution in [0.15, 0.2) is 22.7 Å². The number of hydrogen-bond donors (Lipinski definition) is 2. The summed E-state index contributed by atoms with van der Waals surface area (Å²) in [6.07, 6.45) is 4.78. The third-order valence-corrected chi connectivity index (χ3v) is 3.96. The first-order valence-electron chi connectivity index (χ1n) is 6.02. The van der Waals surface area contributed by atoms with Crippen molar-refractivity contribution in [1.82, 2.24) is 5.32 Å². The summed E-state index contributed by atoms with van der Waals surface area (Å²) in [5, 5.41) is 12.8. The monoisotopic (exact) mass is 301 g/mol. The molecule has 4 heteroatoms. The maximum Gasteiger partial charge on any atom is 0.137 e. The summed E-state index contributed by atoms with van der Waals surface area (Å²) in [6, 6.07) is 5.30. The number of nitrogens with one attached hydrogen (secondary N) is 1. The molecule has 2 rings (SSSR count). The third-order valence-electron chi connectivity index (χ3n) is 3.32. The molecule has 0 heterocycles. The van der Waals surface area contributed by atoms with Gasteiger partial charge in [-0.05, 0) is 46.5 Å². The van der Waals surface area contributed by atoms with Gasteiger partial charge < -0.3 is 10.4 Å². The largest absolute Gasteiger partial charge is 0.394 e. The molecule has 2 nitrogen and oxygen atoms in total. The van der Waals surface area contributed by atoms with E-state index in [2.05, 4.69) is 21.2 Å². The summed E-state index contributed by atoms with van der Waals surface area (Å²) >= 11 is 3.13. The van der Waals surface area contributed by atoms with Gasteiger partial charge in [-0.25, -0.2) is 4.39 Å². The lowest BCUT2D eigenvalue weighted by molar-refractivity contribution is 0.232. The first kappa shape index (κ1) is 13.0. The standard InChI is InChI=1S/C13H17BrFNO/c14-11-6-5-9(7-12(11)15)13(8-17)16-10-3-1-2-4-10/h5-7,10,13,16-17H,1-4,8H2. The van der Waals surface area contributed by atoms with Crippen molar-refractivity contribution in [3.8, 4) is 0 Å². The van der Waals surface area contributed by atoms with E-state index in [1.807, 2.05) is 6.07 Å². The number of halogens is 2. The molecule has 0 amide bonds. The molecule has 1 fully saturated rings. The molecule has 0 aliphatic heterocycles. The van der Waals surface area contributed by atoms with Crippen molar-refractivity contribution in [2.75, 3.05) is 6.61 Å². The summed E-state index contributed by atoms with van der Waals surface area (Å²) in [4.78, 5) is 0. The van der Waals surface area contributed by atoms with Gasteiger partial charge in [0.1, 0.15) is 5.82 Å². The molecule has 1 atom stereocenters. The Morgan fingerprint density at radius 3 is 2.71 bits per heavy atom. The highest BCUT2D eigenvalue weighted by Crippen LogP contribution is 2.24. The van der Waals surface area contributed by atoms with E-state index in [-0.39, 0.29) is 18.5 Å². The molecule has 1 aromatic rings. The van der Waals surface area contributed by atoms with Gasteiger partial charge >= 0.3 is 0 Å². The maximum atomic E-state index is 13.4. The molecule has 94 valence electrons. The predicted molar refractivity (Wildman–Crippen MR) is 69.3 cm³/mol. The molecule has 1 saturated carbocycles. The van der Waals surface area contributed by atoms with E-state index in [9.17, 15) is 9.50 Å². The molecule has 0 bridgehead atoms. The van der Waals surface area contributed by atoms with Gasteiger partial charge in [0.05, 0.1) is 17.1 Å². The normalized spacial score (nSPS) is 18.5. The highest BCUT2D eigenvalue weighted by atomic mass is 79.9. The van der Waals surface area contributed by atoms with Gasteiger partial charge in [-0.15, -0.1) is 0 Å². The smallest absolute Gasteiger partial charge is 0.137 e. The van der Waals surface area contributed by atoms with E-state index in [0.29, 0.717) is 10.5 Å². The van der Waals surface area contributed by atoms with Crippen LogP contribution in [-0.4, -0.2) is 17.8 Å². The fourth-order valence-electron chi connectivity index (χ4n) is 2.36. The highest BCUT2D eigenvalue weighted by Gasteiger charge is 2.20. The van der Waals surface area contributed by atoms with Gasteiger partial charge in [-0.1, -0.05) is 18.9 Å². The molecule has 0 saturated heterocycles. The summed E-state index contributed by atoms with van der Waals surface area (Å²) in [6.45, 7) is -0.00241. The van der Waals surface area contributed by atoms with Crippen molar-refractivity contribution < 1.29 is 9.50 Å². The minimum atomic E-state index is -0.283. The second kappa shape index (κ2) is 5.94. The quantitative estimate of drug-likeness (QED) is 0.895. The second-order valence-corrected chi connectivity index (χ2v) is 5.41. The van der Waals surface area contributed by atoms with Crippen molar-refractivity contribution in [3.63, 3.8) is 0 Å². The Morgan fingerprint density at radius 1 is 1.41 bits per heavy atom. The van der Waals surface area contributed by atoms with E-state index >= 15 is 0 Å². The lowest BCUT2D eigenvalue weighted by atomic mass is 10.1. The fourth-order valence-corrected chi connectivity index (χ4v) is 2.61. The van der Waals surface area contributed by atoms with Crippen LogP contribution in [0.5, 0.6) is 0 Å². The summed E-state index contributed by atoms with van der Waals surface area (Å²) in [7, 11) is 0. The van der Waals surface area contributed by atoms with Crippen molar-refractivity contribution in [3.05, 3.63) is 34.1 Å². The number of aliphatic hydroxyl groups excluding tert-OH is 1. The Kier molecular flexibility index (Phi) is 4.54. The van der Waals surface area contributed by atoms with E-state index in [0.717, 1.165) is 18.4 Å². The zero-order valence-electron chi connectivity index (χ0n) is 9.63. The first-order valence-corrected chi connectivity index (χ1v) is 6.82. The molecule has 17 heavy (non-hydrogen) atoms. The fraction of sp³-hybridized carbons (Fsp3) is 0.538. The van der Waals surface area contributed by atoms with Crippen LogP contribution in [0.2, 0.25) is 0 Å².